The van der Waals surface area contributed by atoms with Crippen LogP contribution < -0.4 is 17.0 Å². The number of nitro groups is 3. The Morgan fingerprint density at radius 2 is 1.52 bits per heavy atom. The molecule has 1 aromatic carbocycles. The van der Waals surface area contributed by atoms with Crippen LogP contribution in [0.4, 0.5) is 29.0 Å². The number of anilines is 2. The predicted octanol–water partition coefficient (Wildman–Crippen LogP) is -0.505. The van der Waals surface area contributed by atoms with Gasteiger partial charge in [0.25, 0.3) is 17.4 Å². The third-order valence-electron chi connectivity index (χ3n) is 2.42. The molecule has 2 rings (SSSR count). The van der Waals surface area contributed by atoms with Gasteiger partial charge in [-0.1, -0.05) is 0 Å². The first-order valence-electron chi connectivity index (χ1n) is 5.76. The molecule has 0 saturated heterocycles. The largest absolute Gasteiger partial charge is 0.497 e. The Balaban J connectivity index is 0.000000324. The fraction of sp³-hybridized carbons (Fsp3) is 0. The van der Waals surface area contributed by atoms with Crippen LogP contribution in [-0.2, 0) is 0 Å². The number of phenolic OH excluding ortho intramolecular Hbond substituents is 2. The summed E-state index contributed by atoms with van der Waals surface area (Å²) in [6.07, 6.45) is 0. The molecule has 0 bridgehead atoms. The number of nitrogens with two attached hydrogens (primary N) is 2. The van der Waals surface area contributed by atoms with Gasteiger partial charge in [-0.15, -0.1) is 5.10 Å². The lowest BCUT2D eigenvalue weighted by atomic mass is 10.2. The monoisotopic (exact) mass is 359 g/mol. The maximum atomic E-state index is 10.4. The van der Waals surface area contributed by atoms with Gasteiger partial charge in [-0.25, -0.2) is 10.9 Å². The van der Waals surface area contributed by atoms with Gasteiger partial charge in [0, 0.05) is 0 Å². The Kier molecular flexibility index (Phi) is 5.50. The summed E-state index contributed by atoms with van der Waals surface area (Å²) in [5.41, 5.74) is 3.39. The summed E-state index contributed by atoms with van der Waals surface area (Å²) in [6.45, 7) is 0. The van der Waals surface area contributed by atoms with E-state index in [1.807, 2.05) is 0 Å². The van der Waals surface area contributed by atoms with Crippen LogP contribution in [0.5, 0.6) is 11.5 Å². The lowest BCUT2D eigenvalue weighted by Gasteiger charge is -2.00. The molecule has 0 saturated carbocycles. The molecule has 0 radical (unpaired) electrons. The summed E-state index contributed by atoms with van der Waals surface area (Å²) in [5.74, 6) is 2.57. The highest BCUT2D eigenvalue weighted by Gasteiger charge is 2.36. The molecular formula is C8H9N9O8. The quantitative estimate of drug-likeness (QED) is 0.228. The average molecular weight is 359 g/mol. The van der Waals surface area contributed by atoms with Crippen LogP contribution in [0.2, 0.25) is 0 Å². The lowest BCUT2D eigenvalue weighted by molar-refractivity contribution is -0.405. The number of nitrogens with zero attached hydrogens (tertiary/aromatic N) is 5. The summed E-state index contributed by atoms with van der Waals surface area (Å²) in [6, 6.07) is 0.234. The van der Waals surface area contributed by atoms with E-state index in [9.17, 15) is 30.3 Å². The van der Waals surface area contributed by atoms with Crippen molar-refractivity contribution in [2.45, 2.75) is 0 Å². The molecule has 1 heterocycles. The number of nitrogen functional groups attached to an aromatic ring is 2. The Morgan fingerprint density at radius 1 is 1.04 bits per heavy atom. The molecule has 2 aromatic rings. The van der Waals surface area contributed by atoms with Crippen LogP contribution >= 0.6 is 0 Å². The third-order valence-corrected chi connectivity index (χ3v) is 2.42. The first-order valence-corrected chi connectivity index (χ1v) is 5.76. The minimum absolute atomic E-state index is 0.234. The second kappa shape index (κ2) is 7.32. The highest BCUT2D eigenvalue weighted by molar-refractivity contribution is 5.73. The van der Waals surface area contributed by atoms with Crippen LogP contribution in [-0.4, -0.2) is 40.2 Å². The van der Waals surface area contributed by atoms with E-state index in [0.29, 0.717) is 5.95 Å². The van der Waals surface area contributed by atoms with Gasteiger partial charge in [-0.05, 0) is 0 Å². The number of aromatic amines is 1. The van der Waals surface area contributed by atoms with E-state index in [2.05, 4.69) is 20.6 Å². The smallest absolute Gasteiger partial charge is 0.366 e. The molecule has 17 heteroatoms. The van der Waals surface area contributed by atoms with Crippen molar-refractivity contribution >= 4 is 29.0 Å². The number of hydrogen-bond donors (Lipinski definition) is 6. The molecule has 0 spiro atoms. The molecule has 0 atom stereocenters. The molecule has 0 fully saturated rings. The van der Waals surface area contributed by atoms with Gasteiger partial charge >= 0.3 is 17.1 Å². The standard InChI is InChI=1S/C6H3N3O8.C2H6N6/c10-5-2(7(12)13)1-3(8(14)15)6(11)4(5)9(16)17;3-1-5-2(6-4)8-7-1/h1,10-11H;4H2,(H4,3,5,6,7,8). The van der Waals surface area contributed by atoms with Crippen LogP contribution in [0.25, 0.3) is 0 Å². The fourth-order valence-electron chi connectivity index (χ4n) is 1.41. The maximum absolute atomic E-state index is 10.4. The number of nitro benzene ring substituents is 3. The zero-order chi connectivity index (χ0) is 19.3. The van der Waals surface area contributed by atoms with Crippen LogP contribution in [0, 0.1) is 30.3 Å². The molecule has 25 heavy (non-hydrogen) atoms. The van der Waals surface area contributed by atoms with E-state index in [1.54, 1.807) is 0 Å². The SMILES string of the molecule is NNc1n[nH]c(N)n1.O=[N+]([O-])c1cc([N+](=O)[O-])c(O)c([N+](=O)[O-])c1O. The third kappa shape index (κ3) is 4.13. The predicted molar refractivity (Wildman–Crippen MR) is 78.3 cm³/mol. The number of hydrogen-bond acceptors (Lipinski definition) is 13. The van der Waals surface area contributed by atoms with Gasteiger partial charge in [0.15, 0.2) is 0 Å². The highest BCUT2D eigenvalue weighted by Crippen LogP contribution is 2.47. The van der Waals surface area contributed by atoms with E-state index in [0.717, 1.165) is 0 Å². The average Bonchev–Trinajstić information content (AvgIpc) is 2.92. The molecule has 8 N–H and O–H groups in total. The Morgan fingerprint density at radius 3 is 1.76 bits per heavy atom. The number of aromatic nitrogens is 3. The molecule has 134 valence electrons. The zero-order valence-corrected chi connectivity index (χ0v) is 11.8. The first kappa shape index (κ1) is 18.8. The van der Waals surface area contributed by atoms with Gasteiger partial charge in [0.05, 0.1) is 14.8 Å². The van der Waals surface area contributed by atoms with Crippen molar-refractivity contribution < 1.29 is 25.0 Å². The maximum Gasteiger partial charge on any atom is 0.366 e. The van der Waals surface area contributed by atoms with Crippen molar-refractivity contribution in [1.29, 1.82) is 0 Å². The molecule has 0 aliphatic rings. The number of nitrogens with one attached hydrogen (secondary N) is 2. The normalized spacial score (nSPS) is 9.64. The number of benzene rings is 1. The minimum Gasteiger partial charge on any atom is -0.497 e. The van der Waals surface area contributed by atoms with Gasteiger partial charge in [-0.3, -0.25) is 35.8 Å². The highest BCUT2D eigenvalue weighted by atomic mass is 16.6. The van der Waals surface area contributed by atoms with Crippen LogP contribution in [0.1, 0.15) is 0 Å². The summed E-state index contributed by atoms with van der Waals surface area (Å²) in [7, 11) is 0. The van der Waals surface area contributed by atoms with Crippen molar-refractivity contribution in [2.24, 2.45) is 5.84 Å². The number of rotatable bonds is 4. The fourth-order valence-corrected chi connectivity index (χ4v) is 1.41. The summed E-state index contributed by atoms with van der Waals surface area (Å²) >= 11 is 0. The molecule has 0 unspecified atom stereocenters. The van der Waals surface area contributed by atoms with Crippen molar-refractivity contribution in [2.75, 3.05) is 11.2 Å². The zero-order valence-electron chi connectivity index (χ0n) is 11.8. The first-order chi connectivity index (χ1) is 11.6. The van der Waals surface area contributed by atoms with E-state index in [1.165, 1.54) is 0 Å². The molecule has 1 aromatic heterocycles. The van der Waals surface area contributed by atoms with E-state index in [4.69, 9.17) is 21.8 Å². The Labute approximate surface area is 135 Å². The van der Waals surface area contributed by atoms with Gasteiger partial charge in [0.2, 0.25) is 5.95 Å². The van der Waals surface area contributed by atoms with E-state index in [-0.39, 0.29) is 12.0 Å². The minimum atomic E-state index is -1.48. The van der Waals surface area contributed by atoms with Gasteiger partial charge in [-0.2, -0.15) is 4.98 Å². The van der Waals surface area contributed by atoms with Crippen molar-refractivity contribution in [3.8, 4) is 11.5 Å². The number of H-pyrrole nitrogens is 1. The van der Waals surface area contributed by atoms with Crippen LogP contribution in [0.3, 0.4) is 0 Å². The van der Waals surface area contributed by atoms with E-state index < -0.39 is 43.3 Å². The van der Waals surface area contributed by atoms with Gasteiger partial charge in [0.1, 0.15) is 6.07 Å². The second-order valence-corrected chi connectivity index (χ2v) is 3.92. The van der Waals surface area contributed by atoms with Crippen molar-refractivity contribution in [3.63, 3.8) is 0 Å². The number of aromatic hydroxyl groups is 2. The molecule has 17 nitrogen and oxygen atoms in total. The second-order valence-electron chi connectivity index (χ2n) is 3.92. The van der Waals surface area contributed by atoms with Crippen molar-refractivity contribution in [3.05, 3.63) is 36.4 Å². The molecular weight excluding hydrogens is 350 g/mol. The summed E-state index contributed by atoms with van der Waals surface area (Å²) in [5, 5.41) is 55.5. The summed E-state index contributed by atoms with van der Waals surface area (Å²) < 4.78 is 0. The molecule has 0 aliphatic heterocycles. The number of hydrazine groups is 1. The van der Waals surface area contributed by atoms with Gasteiger partial charge < -0.3 is 15.9 Å². The number of phenols is 2. The Hall–Kier alpha value is -4.28. The van der Waals surface area contributed by atoms with Crippen LogP contribution in [0.15, 0.2) is 6.07 Å². The summed E-state index contributed by atoms with van der Waals surface area (Å²) in [4.78, 5) is 31.0. The van der Waals surface area contributed by atoms with E-state index >= 15 is 0 Å². The lowest BCUT2D eigenvalue weighted by Crippen LogP contribution is -2.08. The topological polar surface area (TPSA) is 276 Å². The Bertz CT molecular complexity index is 795. The molecule has 0 aliphatic carbocycles. The molecule has 0 amide bonds. The van der Waals surface area contributed by atoms with Crippen molar-refractivity contribution in [1.82, 2.24) is 15.2 Å².